The summed E-state index contributed by atoms with van der Waals surface area (Å²) in [7, 11) is 0. The number of nitrogens with one attached hydrogen (secondary N) is 1. The van der Waals surface area contributed by atoms with Gasteiger partial charge >= 0.3 is 4.87 Å². The first-order chi connectivity index (χ1) is 11.5. The van der Waals surface area contributed by atoms with E-state index in [-0.39, 0.29) is 17.3 Å². The van der Waals surface area contributed by atoms with Crippen molar-refractivity contribution in [2.75, 3.05) is 19.8 Å². The highest BCUT2D eigenvalue weighted by Crippen LogP contribution is 2.17. The third kappa shape index (κ3) is 4.86. The van der Waals surface area contributed by atoms with Crippen LogP contribution in [0.1, 0.15) is 17.5 Å². The molecule has 2 aromatic rings. The van der Waals surface area contributed by atoms with Gasteiger partial charge in [0.05, 0.1) is 13.2 Å². The molecule has 7 heteroatoms. The van der Waals surface area contributed by atoms with Crippen LogP contribution in [0.3, 0.4) is 0 Å². The van der Waals surface area contributed by atoms with Crippen LogP contribution in [0.5, 0.6) is 11.5 Å². The predicted molar refractivity (Wildman–Crippen MR) is 94.2 cm³/mol. The van der Waals surface area contributed by atoms with Crippen LogP contribution in [0, 0.1) is 13.8 Å². The third-order valence-corrected chi connectivity index (χ3v) is 4.50. The van der Waals surface area contributed by atoms with E-state index in [1.54, 1.807) is 0 Å². The molecule has 2 rings (SSSR count). The fraction of sp³-hybridized carbons (Fsp3) is 0.412. The highest BCUT2D eigenvalue weighted by molar-refractivity contribution is 7.09. The normalized spacial score (nSPS) is 10.5. The molecule has 0 aliphatic rings. The Morgan fingerprint density at radius 1 is 1.17 bits per heavy atom. The van der Waals surface area contributed by atoms with Crippen molar-refractivity contribution in [3.63, 3.8) is 0 Å². The van der Waals surface area contributed by atoms with Crippen molar-refractivity contribution in [1.82, 2.24) is 9.88 Å². The summed E-state index contributed by atoms with van der Waals surface area (Å²) in [6.45, 7) is 7.05. The summed E-state index contributed by atoms with van der Waals surface area (Å²) in [4.78, 5) is 24.5. The van der Waals surface area contributed by atoms with Crippen LogP contribution in [0.25, 0.3) is 0 Å². The highest BCUT2D eigenvalue weighted by Gasteiger charge is 2.10. The lowest BCUT2D eigenvalue weighted by molar-refractivity contribution is -0.121. The average molecular weight is 350 g/mol. The number of aromatic nitrogens is 1. The van der Waals surface area contributed by atoms with E-state index < -0.39 is 0 Å². The number of amides is 1. The number of hydrogen-bond acceptors (Lipinski definition) is 5. The lowest BCUT2D eigenvalue weighted by Crippen LogP contribution is -2.33. The Morgan fingerprint density at radius 2 is 1.79 bits per heavy atom. The quantitative estimate of drug-likeness (QED) is 0.741. The lowest BCUT2D eigenvalue weighted by Gasteiger charge is -2.09. The fourth-order valence-electron chi connectivity index (χ4n) is 2.13. The van der Waals surface area contributed by atoms with Gasteiger partial charge in [-0.1, -0.05) is 11.3 Å². The van der Waals surface area contributed by atoms with Gasteiger partial charge in [0.2, 0.25) is 5.91 Å². The van der Waals surface area contributed by atoms with Gasteiger partial charge < -0.3 is 14.8 Å². The second-order valence-electron chi connectivity index (χ2n) is 5.20. The molecule has 130 valence electrons. The molecule has 0 aliphatic carbocycles. The Balaban J connectivity index is 1.73. The molecule has 1 aromatic carbocycles. The maximum atomic E-state index is 11.9. The Labute approximate surface area is 145 Å². The van der Waals surface area contributed by atoms with Crippen LogP contribution >= 0.6 is 11.3 Å². The van der Waals surface area contributed by atoms with Crippen molar-refractivity contribution in [1.29, 1.82) is 0 Å². The molecular weight excluding hydrogens is 328 g/mol. The van der Waals surface area contributed by atoms with Gasteiger partial charge in [-0.25, -0.2) is 0 Å². The maximum absolute atomic E-state index is 11.9. The van der Waals surface area contributed by atoms with E-state index in [2.05, 4.69) is 5.32 Å². The largest absolute Gasteiger partial charge is 0.494 e. The second-order valence-corrected chi connectivity index (χ2v) is 6.36. The molecule has 0 aliphatic heterocycles. The minimum absolute atomic E-state index is 0.0397. The average Bonchev–Trinajstić information content (AvgIpc) is 2.80. The SMILES string of the molecule is CCOc1ccc(OCCNC(=O)Cn2c(C)c(C)sc2=O)cc1. The number of carbonyl (C=O) groups is 1. The van der Waals surface area contributed by atoms with E-state index >= 15 is 0 Å². The number of ether oxygens (including phenoxy) is 2. The van der Waals surface area contributed by atoms with E-state index in [1.807, 2.05) is 45.0 Å². The molecule has 1 heterocycles. The van der Waals surface area contributed by atoms with Crippen LogP contribution < -0.4 is 19.7 Å². The molecule has 0 saturated heterocycles. The van der Waals surface area contributed by atoms with Crippen molar-refractivity contribution < 1.29 is 14.3 Å². The smallest absolute Gasteiger partial charge is 0.308 e. The molecule has 6 nitrogen and oxygen atoms in total. The third-order valence-electron chi connectivity index (χ3n) is 3.50. The van der Waals surface area contributed by atoms with E-state index in [4.69, 9.17) is 9.47 Å². The molecule has 0 atom stereocenters. The molecule has 0 bridgehead atoms. The fourth-order valence-corrected chi connectivity index (χ4v) is 2.96. The molecule has 1 aromatic heterocycles. The zero-order chi connectivity index (χ0) is 17.5. The van der Waals surface area contributed by atoms with Crippen molar-refractivity contribution in [2.45, 2.75) is 27.3 Å². The number of nitrogens with zero attached hydrogens (tertiary/aromatic N) is 1. The van der Waals surface area contributed by atoms with Gasteiger partial charge in [0.25, 0.3) is 0 Å². The summed E-state index contributed by atoms with van der Waals surface area (Å²) in [5.41, 5.74) is 0.839. The number of rotatable bonds is 8. The van der Waals surface area contributed by atoms with E-state index in [0.29, 0.717) is 25.5 Å². The standard InChI is InChI=1S/C17H22N2O4S/c1-4-22-14-5-7-15(8-6-14)23-10-9-18-16(20)11-19-12(2)13(3)24-17(19)21/h5-8H,4,9-11H2,1-3H3,(H,18,20). The Morgan fingerprint density at radius 3 is 2.33 bits per heavy atom. The van der Waals surface area contributed by atoms with Gasteiger partial charge in [0, 0.05) is 10.6 Å². The van der Waals surface area contributed by atoms with Crippen LogP contribution in [0.15, 0.2) is 29.1 Å². The zero-order valence-electron chi connectivity index (χ0n) is 14.1. The van der Waals surface area contributed by atoms with Crippen molar-refractivity contribution in [3.8, 4) is 11.5 Å². The summed E-state index contributed by atoms with van der Waals surface area (Å²) < 4.78 is 12.4. The molecule has 24 heavy (non-hydrogen) atoms. The van der Waals surface area contributed by atoms with Gasteiger partial charge in [-0.2, -0.15) is 0 Å². The first-order valence-corrected chi connectivity index (χ1v) is 8.62. The summed E-state index contributed by atoms with van der Waals surface area (Å²) in [5.74, 6) is 1.31. The number of aryl methyl sites for hydroxylation is 1. The molecule has 1 amide bonds. The number of thiazole rings is 1. The van der Waals surface area contributed by atoms with E-state index in [1.165, 1.54) is 4.57 Å². The Kier molecular flexibility index (Phi) is 6.43. The number of benzene rings is 1. The monoisotopic (exact) mass is 350 g/mol. The molecule has 0 spiro atoms. The van der Waals surface area contributed by atoms with Crippen molar-refractivity contribution in [2.24, 2.45) is 0 Å². The summed E-state index contributed by atoms with van der Waals surface area (Å²) in [6, 6.07) is 7.32. The van der Waals surface area contributed by atoms with Gasteiger partial charge in [0.15, 0.2) is 0 Å². The van der Waals surface area contributed by atoms with E-state index in [9.17, 15) is 9.59 Å². The Bertz CT molecular complexity index is 734. The zero-order valence-corrected chi connectivity index (χ0v) is 14.9. The maximum Gasteiger partial charge on any atom is 0.308 e. The molecule has 0 saturated carbocycles. The van der Waals surface area contributed by atoms with E-state index in [0.717, 1.165) is 27.7 Å². The van der Waals surface area contributed by atoms with Crippen molar-refractivity contribution in [3.05, 3.63) is 44.5 Å². The number of hydrogen-bond donors (Lipinski definition) is 1. The predicted octanol–water partition coefficient (Wildman–Crippen LogP) is 2.12. The minimum Gasteiger partial charge on any atom is -0.494 e. The van der Waals surface area contributed by atoms with Crippen LogP contribution in [0.2, 0.25) is 0 Å². The lowest BCUT2D eigenvalue weighted by atomic mass is 10.3. The van der Waals surface area contributed by atoms with Gasteiger partial charge in [-0.05, 0) is 45.0 Å². The molecule has 1 N–H and O–H groups in total. The molecule has 0 fully saturated rings. The van der Waals surface area contributed by atoms with Gasteiger partial charge in [0.1, 0.15) is 24.7 Å². The highest BCUT2D eigenvalue weighted by atomic mass is 32.1. The molecular formula is C17H22N2O4S. The van der Waals surface area contributed by atoms with Crippen LogP contribution in [0.4, 0.5) is 0 Å². The second kappa shape index (κ2) is 8.54. The first-order valence-electron chi connectivity index (χ1n) is 7.80. The Hall–Kier alpha value is -2.28. The summed E-state index contributed by atoms with van der Waals surface area (Å²) >= 11 is 1.16. The van der Waals surface area contributed by atoms with Crippen LogP contribution in [-0.2, 0) is 11.3 Å². The first kappa shape index (κ1) is 18.1. The van der Waals surface area contributed by atoms with Crippen LogP contribution in [-0.4, -0.2) is 30.2 Å². The topological polar surface area (TPSA) is 69.6 Å². The molecule has 0 unspecified atom stereocenters. The van der Waals surface area contributed by atoms with Gasteiger partial charge in [-0.15, -0.1) is 0 Å². The number of carbonyl (C=O) groups excluding carboxylic acids is 1. The summed E-state index contributed by atoms with van der Waals surface area (Å²) in [5, 5.41) is 2.75. The summed E-state index contributed by atoms with van der Waals surface area (Å²) in [6.07, 6.45) is 0. The van der Waals surface area contributed by atoms with Crippen molar-refractivity contribution >= 4 is 17.2 Å². The molecule has 0 radical (unpaired) electrons. The van der Waals surface area contributed by atoms with Gasteiger partial charge in [-0.3, -0.25) is 14.2 Å². The minimum atomic E-state index is -0.201.